The third-order valence-electron chi connectivity index (χ3n) is 6.08. The Hall–Kier alpha value is -3.33. The van der Waals surface area contributed by atoms with E-state index in [1.54, 1.807) is 12.2 Å². The van der Waals surface area contributed by atoms with Crippen molar-refractivity contribution in [2.75, 3.05) is 0 Å². The Morgan fingerprint density at radius 2 is 1.90 bits per heavy atom. The average Bonchev–Trinajstić information content (AvgIpc) is 2.79. The van der Waals surface area contributed by atoms with Gasteiger partial charge in [-0.25, -0.2) is 4.79 Å². The van der Waals surface area contributed by atoms with E-state index in [1.165, 1.54) is 38.9 Å². The zero-order valence-corrected chi connectivity index (χ0v) is 17.0. The van der Waals surface area contributed by atoms with Crippen molar-refractivity contribution in [3.05, 3.63) is 95.8 Å². The molecule has 2 atom stereocenters. The molecule has 0 saturated heterocycles. The number of benzene rings is 3. The molecule has 1 aliphatic carbocycles. The molecule has 0 amide bonds. The van der Waals surface area contributed by atoms with Crippen LogP contribution in [0.25, 0.3) is 21.5 Å². The molecule has 0 radical (unpaired) electrons. The van der Waals surface area contributed by atoms with E-state index in [2.05, 4.69) is 54.6 Å². The van der Waals surface area contributed by atoms with Crippen molar-refractivity contribution in [1.29, 1.82) is 0 Å². The molecule has 2 aliphatic rings. The molecule has 0 spiro atoms. The lowest BCUT2D eigenvalue weighted by Gasteiger charge is -2.25. The molecule has 0 bridgehead atoms. The largest absolute Gasteiger partial charge is 0.459 e. The normalized spacial score (nSPS) is 20.8. The fourth-order valence-corrected chi connectivity index (χ4v) is 4.59. The Kier molecular flexibility index (Phi) is 4.88. The lowest BCUT2D eigenvalue weighted by molar-refractivity contribution is -0.157. The predicted molar refractivity (Wildman–Crippen MR) is 120 cm³/mol. The van der Waals surface area contributed by atoms with E-state index in [4.69, 9.17) is 9.47 Å². The summed E-state index contributed by atoms with van der Waals surface area (Å²) in [7, 11) is 0. The van der Waals surface area contributed by atoms with Crippen LogP contribution in [0.5, 0.6) is 0 Å². The Labute approximate surface area is 176 Å². The van der Waals surface area contributed by atoms with Gasteiger partial charge < -0.3 is 9.47 Å². The van der Waals surface area contributed by atoms with Gasteiger partial charge in [-0.15, -0.1) is 0 Å². The Bertz CT molecular complexity index is 1220. The quantitative estimate of drug-likeness (QED) is 0.309. The van der Waals surface area contributed by atoms with E-state index in [1.807, 2.05) is 13.0 Å². The fraction of sp³-hybridized carbons (Fsp3) is 0.222. The van der Waals surface area contributed by atoms with Gasteiger partial charge in [-0.1, -0.05) is 60.7 Å². The summed E-state index contributed by atoms with van der Waals surface area (Å²) in [6.45, 7) is 1.83. The van der Waals surface area contributed by atoms with Gasteiger partial charge in [0.1, 0.15) is 0 Å². The Morgan fingerprint density at radius 1 is 1.03 bits per heavy atom. The van der Waals surface area contributed by atoms with Gasteiger partial charge in [-0.3, -0.25) is 0 Å². The van der Waals surface area contributed by atoms with Crippen LogP contribution in [0, 0.1) is 5.92 Å². The Balaban J connectivity index is 1.37. The fourth-order valence-electron chi connectivity index (χ4n) is 4.59. The van der Waals surface area contributed by atoms with Crippen LogP contribution in [0.1, 0.15) is 24.5 Å². The van der Waals surface area contributed by atoms with Gasteiger partial charge in [0.05, 0.1) is 6.26 Å². The first-order valence-corrected chi connectivity index (χ1v) is 10.5. The first-order valence-electron chi connectivity index (χ1n) is 10.5. The van der Waals surface area contributed by atoms with Crippen molar-refractivity contribution in [1.82, 2.24) is 0 Å². The predicted octanol–water partition coefficient (Wildman–Crippen LogP) is 6.01. The standard InChI is InChI=1S/C27H24O3/c1-18(27(28)30-26-8-4-5-15-29-26)16-19-9-12-23-21(17-19)11-14-24-22-7-3-2-6-20(22)10-13-25(23)24/h2-8,10-11,13-16,19,26H,9,12,17H2,1H3. The molecule has 3 aromatic carbocycles. The maximum atomic E-state index is 12.4. The van der Waals surface area contributed by atoms with Gasteiger partial charge >= 0.3 is 5.97 Å². The van der Waals surface area contributed by atoms with Crippen LogP contribution in [0.2, 0.25) is 0 Å². The molecular weight excluding hydrogens is 372 g/mol. The van der Waals surface area contributed by atoms with Gasteiger partial charge in [-0.05, 0) is 76.9 Å². The number of carbonyl (C=O) groups is 1. The van der Waals surface area contributed by atoms with Crippen molar-refractivity contribution >= 4 is 27.5 Å². The third-order valence-corrected chi connectivity index (χ3v) is 6.08. The molecule has 1 aliphatic heterocycles. The summed E-state index contributed by atoms with van der Waals surface area (Å²) in [5.74, 6) is 0.0152. The highest BCUT2D eigenvalue weighted by Gasteiger charge is 2.21. The minimum Gasteiger partial charge on any atom is -0.459 e. The molecule has 150 valence electrons. The first kappa shape index (κ1) is 18.7. The maximum Gasteiger partial charge on any atom is 0.336 e. The minimum absolute atomic E-state index is 0.323. The van der Waals surface area contributed by atoms with Crippen LogP contribution >= 0.6 is 0 Å². The topological polar surface area (TPSA) is 35.5 Å². The van der Waals surface area contributed by atoms with Crippen LogP contribution in [0.15, 0.2) is 84.7 Å². The van der Waals surface area contributed by atoms with Crippen molar-refractivity contribution < 1.29 is 14.3 Å². The summed E-state index contributed by atoms with van der Waals surface area (Å²) >= 11 is 0. The lowest BCUT2D eigenvalue weighted by Crippen LogP contribution is -2.20. The molecule has 0 N–H and O–H groups in total. The molecule has 0 saturated carbocycles. The zero-order chi connectivity index (χ0) is 20.5. The number of allylic oxidation sites excluding steroid dienone is 3. The number of hydrogen-bond acceptors (Lipinski definition) is 3. The first-order chi connectivity index (χ1) is 14.7. The number of carbonyl (C=O) groups excluding carboxylic acids is 1. The molecule has 0 aromatic heterocycles. The molecule has 3 heteroatoms. The minimum atomic E-state index is -0.640. The van der Waals surface area contributed by atoms with E-state index in [9.17, 15) is 4.79 Å². The summed E-state index contributed by atoms with van der Waals surface area (Å²) < 4.78 is 10.7. The van der Waals surface area contributed by atoms with Crippen LogP contribution in [0.4, 0.5) is 0 Å². The van der Waals surface area contributed by atoms with Crippen molar-refractivity contribution in [2.24, 2.45) is 5.92 Å². The molecule has 2 unspecified atom stereocenters. The number of esters is 1. The smallest absolute Gasteiger partial charge is 0.336 e. The van der Waals surface area contributed by atoms with Crippen molar-refractivity contribution in [3.8, 4) is 0 Å². The lowest BCUT2D eigenvalue weighted by atomic mass is 9.80. The van der Waals surface area contributed by atoms with Crippen LogP contribution in [-0.4, -0.2) is 12.3 Å². The zero-order valence-electron chi connectivity index (χ0n) is 17.0. The second kappa shape index (κ2) is 7.83. The number of aryl methyl sites for hydroxylation is 1. The summed E-state index contributed by atoms with van der Waals surface area (Å²) in [6.07, 6.45) is 11.3. The maximum absolute atomic E-state index is 12.4. The monoisotopic (exact) mass is 396 g/mol. The Morgan fingerprint density at radius 3 is 2.77 bits per heavy atom. The van der Waals surface area contributed by atoms with Crippen LogP contribution in [0.3, 0.4) is 0 Å². The second-order valence-corrected chi connectivity index (χ2v) is 8.06. The van der Waals surface area contributed by atoms with Gasteiger partial charge in [0, 0.05) is 5.57 Å². The molecule has 5 rings (SSSR count). The average molecular weight is 396 g/mol. The van der Waals surface area contributed by atoms with E-state index in [0.717, 1.165) is 19.3 Å². The third kappa shape index (κ3) is 3.52. The number of fused-ring (bicyclic) bond motifs is 5. The molecule has 3 aromatic rings. The van der Waals surface area contributed by atoms with Crippen molar-refractivity contribution in [3.63, 3.8) is 0 Å². The highest BCUT2D eigenvalue weighted by molar-refractivity contribution is 6.08. The van der Waals surface area contributed by atoms with E-state index in [-0.39, 0.29) is 5.97 Å². The molecule has 1 heterocycles. The van der Waals surface area contributed by atoms with Crippen LogP contribution < -0.4 is 0 Å². The molecule has 0 fully saturated rings. The van der Waals surface area contributed by atoms with Gasteiger partial charge in [0.15, 0.2) is 0 Å². The van der Waals surface area contributed by atoms with Gasteiger partial charge in [0.2, 0.25) is 0 Å². The van der Waals surface area contributed by atoms with Gasteiger partial charge in [0.25, 0.3) is 6.29 Å². The summed E-state index contributed by atoms with van der Waals surface area (Å²) in [5.41, 5.74) is 3.48. The highest BCUT2D eigenvalue weighted by Crippen LogP contribution is 2.35. The SMILES string of the molecule is CC(=CC1CCc2c(ccc3c2ccc2ccccc23)C1)C(=O)OC1C=CC=CO1. The van der Waals surface area contributed by atoms with E-state index in [0.29, 0.717) is 11.5 Å². The summed E-state index contributed by atoms with van der Waals surface area (Å²) in [5, 5.41) is 5.28. The number of hydrogen-bond donors (Lipinski definition) is 0. The second-order valence-electron chi connectivity index (χ2n) is 8.06. The summed E-state index contributed by atoms with van der Waals surface area (Å²) in [4.78, 5) is 12.4. The van der Waals surface area contributed by atoms with Gasteiger partial charge in [-0.2, -0.15) is 0 Å². The molecule has 30 heavy (non-hydrogen) atoms. The number of ether oxygens (including phenoxy) is 2. The van der Waals surface area contributed by atoms with E-state index < -0.39 is 6.29 Å². The highest BCUT2D eigenvalue weighted by atomic mass is 16.7. The molecule has 3 nitrogen and oxygen atoms in total. The molecular formula is C27H24O3. The van der Waals surface area contributed by atoms with E-state index >= 15 is 0 Å². The van der Waals surface area contributed by atoms with Crippen LogP contribution in [-0.2, 0) is 27.1 Å². The number of rotatable bonds is 3. The van der Waals surface area contributed by atoms with Crippen molar-refractivity contribution in [2.45, 2.75) is 32.5 Å². The summed E-state index contributed by atoms with van der Waals surface area (Å²) in [6, 6.07) is 17.6.